The van der Waals surface area contributed by atoms with Crippen LogP contribution in [0, 0.1) is 6.92 Å². The highest BCUT2D eigenvalue weighted by atomic mass is 32.2. The molecule has 3 amide bonds. The van der Waals surface area contributed by atoms with Gasteiger partial charge in [0.15, 0.2) is 0 Å². The minimum absolute atomic E-state index is 0.0192. The lowest BCUT2D eigenvalue weighted by molar-refractivity contribution is -0.139. The summed E-state index contributed by atoms with van der Waals surface area (Å²) in [5.41, 5.74) is 1.21. The highest BCUT2D eigenvalue weighted by Crippen LogP contribution is 2.18. The van der Waals surface area contributed by atoms with Gasteiger partial charge in [0.2, 0.25) is 21.1 Å². The van der Waals surface area contributed by atoms with Crippen molar-refractivity contribution in [1.82, 2.24) is 15.1 Å². The van der Waals surface area contributed by atoms with E-state index in [1.165, 1.54) is 17.0 Å². The fourth-order valence-electron chi connectivity index (χ4n) is 3.64. The Morgan fingerprint density at radius 1 is 0.909 bits per heavy atom. The zero-order valence-corrected chi connectivity index (χ0v) is 19.7. The molecule has 0 saturated carbocycles. The molecule has 2 aromatic rings. The van der Waals surface area contributed by atoms with Crippen LogP contribution in [-0.2, 0) is 19.4 Å². The van der Waals surface area contributed by atoms with Crippen molar-refractivity contribution < 1.29 is 22.8 Å². The van der Waals surface area contributed by atoms with Crippen molar-refractivity contribution >= 4 is 27.6 Å². The fourth-order valence-corrected chi connectivity index (χ4v) is 5.13. The molecule has 1 aliphatic heterocycles. The average Bonchev–Trinajstić information content (AvgIpc) is 2.83. The van der Waals surface area contributed by atoms with Crippen LogP contribution in [0.5, 0.6) is 0 Å². The quantitative estimate of drug-likeness (QED) is 0.665. The summed E-state index contributed by atoms with van der Waals surface area (Å²) >= 11 is 0. The van der Waals surface area contributed by atoms with Gasteiger partial charge < -0.3 is 15.1 Å². The summed E-state index contributed by atoms with van der Waals surface area (Å²) < 4.78 is 26.7. The zero-order valence-electron chi connectivity index (χ0n) is 18.9. The van der Waals surface area contributed by atoms with E-state index in [0.717, 1.165) is 12.0 Å². The summed E-state index contributed by atoms with van der Waals surface area (Å²) in [6, 6.07) is 14.2. The van der Waals surface area contributed by atoms with E-state index in [1.807, 2.05) is 13.8 Å². The van der Waals surface area contributed by atoms with E-state index in [0.29, 0.717) is 19.5 Å². The first-order valence-electron chi connectivity index (χ1n) is 11.0. The Labute approximate surface area is 194 Å². The lowest BCUT2D eigenvalue weighted by Crippen LogP contribution is -2.57. The zero-order chi connectivity index (χ0) is 24.0. The normalized spacial score (nSPS) is 15.1. The Balaban J connectivity index is 1.84. The Bertz CT molecular complexity index is 1090. The van der Waals surface area contributed by atoms with Crippen LogP contribution in [0.25, 0.3) is 0 Å². The Morgan fingerprint density at radius 3 is 2.06 bits per heavy atom. The molecule has 3 rings (SSSR count). The number of benzene rings is 2. The van der Waals surface area contributed by atoms with E-state index < -0.39 is 27.0 Å². The summed E-state index contributed by atoms with van der Waals surface area (Å²) in [7, 11) is -4.20. The third kappa shape index (κ3) is 5.78. The van der Waals surface area contributed by atoms with Gasteiger partial charge in [-0.1, -0.05) is 42.8 Å². The van der Waals surface area contributed by atoms with E-state index in [9.17, 15) is 22.8 Å². The first-order valence-corrected chi connectivity index (χ1v) is 12.5. The molecule has 1 heterocycles. The van der Waals surface area contributed by atoms with Gasteiger partial charge in [-0.2, -0.15) is 0 Å². The van der Waals surface area contributed by atoms with E-state index >= 15 is 0 Å². The van der Waals surface area contributed by atoms with Gasteiger partial charge in [-0.25, -0.2) is 8.42 Å². The summed E-state index contributed by atoms with van der Waals surface area (Å²) in [6.45, 7) is 4.86. The Kier molecular flexibility index (Phi) is 7.86. The second-order valence-corrected chi connectivity index (χ2v) is 10.1. The van der Waals surface area contributed by atoms with Gasteiger partial charge in [0, 0.05) is 38.2 Å². The van der Waals surface area contributed by atoms with Crippen LogP contribution in [0.1, 0.15) is 35.7 Å². The molecule has 8 nitrogen and oxygen atoms in total. The van der Waals surface area contributed by atoms with Crippen molar-refractivity contribution in [1.29, 1.82) is 0 Å². The molecule has 0 bridgehead atoms. The van der Waals surface area contributed by atoms with Crippen molar-refractivity contribution in [2.24, 2.45) is 0 Å². The standard InChI is InChI=1S/C24H29N3O5S/c1-3-7-21(28)26-14-16-27(17-15-26)24(30)23(33(31,32)20-8-5-4-6-9-20)25-22(29)19-12-10-18(2)11-13-19/h4-6,8-13,23H,3,7,14-17H2,1-2H3,(H,25,29)/t23-/m1/s1. The number of hydrogen-bond acceptors (Lipinski definition) is 5. The maximum atomic E-state index is 13.4. The minimum Gasteiger partial charge on any atom is -0.339 e. The van der Waals surface area contributed by atoms with Gasteiger partial charge in [-0.3, -0.25) is 14.4 Å². The lowest BCUT2D eigenvalue weighted by atomic mass is 10.1. The molecule has 176 valence electrons. The monoisotopic (exact) mass is 471 g/mol. The minimum atomic E-state index is -4.20. The summed E-state index contributed by atoms with van der Waals surface area (Å²) in [6.07, 6.45) is 1.17. The molecule has 33 heavy (non-hydrogen) atoms. The van der Waals surface area contributed by atoms with Crippen LogP contribution < -0.4 is 5.32 Å². The van der Waals surface area contributed by atoms with Crippen LogP contribution in [0.3, 0.4) is 0 Å². The number of sulfone groups is 1. The molecule has 0 aromatic heterocycles. The molecule has 1 atom stereocenters. The number of aryl methyl sites for hydroxylation is 1. The molecule has 0 radical (unpaired) electrons. The molecule has 1 fully saturated rings. The van der Waals surface area contributed by atoms with E-state index in [1.54, 1.807) is 47.4 Å². The molecule has 0 spiro atoms. The van der Waals surface area contributed by atoms with Crippen molar-refractivity contribution in [3.05, 3.63) is 65.7 Å². The molecule has 9 heteroatoms. The van der Waals surface area contributed by atoms with Gasteiger partial charge in [-0.05, 0) is 37.6 Å². The molecule has 1 saturated heterocycles. The smallest absolute Gasteiger partial charge is 0.261 e. The number of carbonyl (C=O) groups excluding carboxylic acids is 3. The van der Waals surface area contributed by atoms with Gasteiger partial charge in [0.1, 0.15) is 0 Å². The number of nitrogens with one attached hydrogen (secondary N) is 1. The van der Waals surface area contributed by atoms with Crippen molar-refractivity contribution in [3.8, 4) is 0 Å². The summed E-state index contributed by atoms with van der Waals surface area (Å²) in [4.78, 5) is 41.4. The van der Waals surface area contributed by atoms with Crippen LogP contribution in [0.2, 0.25) is 0 Å². The van der Waals surface area contributed by atoms with Crippen LogP contribution >= 0.6 is 0 Å². The largest absolute Gasteiger partial charge is 0.339 e. The number of hydrogen-bond donors (Lipinski definition) is 1. The maximum absolute atomic E-state index is 13.4. The third-order valence-corrected chi connectivity index (χ3v) is 7.46. The lowest BCUT2D eigenvalue weighted by Gasteiger charge is -2.36. The second-order valence-electron chi connectivity index (χ2n) is 8.03. The summed E-state index contributed by atoms with van der Waals surface area (Å²) in [5.74, 6) is -1.34. The molecule has 0 aliphatic carbocycles. The van der Waals surface area contributed by atoms with Crippen LogP contribution in [0.4, 0.5) is 0 Å². The van der Waals surface area contributed by atoms with Crippen molar-refractivity contribution in [2.45, 2.75) is 37.0 Å². The van der Waals surface area contributed by atoms with Gasteiger partial charge in [-0.15, -0.1) is 0 Å². The van der Waals surface area contributed by atoms with Gasteiger partial charge >= 0.3 is 0 Å². The molecule has 1 N–H and O–H groups in total. The molecule has 0 unspecified atom stereocenters. The third-order valence-electron chi connectivity index (χ3n) is 5.59. The van der Waals surface area contributed by atoms with Gasteiger partial charge in [0.25, 0.3) is 11.8 Å². The molecule has 2 aromatic carbocycles. The number of rotatable bonds is 7. The molecule has 1 aliphatic rings. The first-order chi connectivity index (χ1) is 15.7. The maximum Gasteiger partial charge on any atom is 0.261 e. The first kappa shape index (κ1) is 24.4. The molecular weight excluding hydrogens is 442 g/mol. The van der Waals surface area contributed by atoms with Crippen molar-refractivity contribution in [2.75, 3.05) is 26.2 Å². The predicted molar refractivity (Wildman–Crippen MR) is 124 cm³/mol. The van der Waals surface area contributed by atoms with E-state index in [4.69, 9.17) is 0 Å². The van der Waals surface area contributed by atoms with Gasteiger partial charge in [0.05, 0.1) is 4.90 Å². The predicted octanol–water partition coefficient (Wildman–Crippen LogP) is 2.00. The summed E-state index contributed by atoms with van der Waals surface area (Å²) in [5, 5.41) is 0.673. The van der Waals surface area contributed by atoms with Crippen molar-refractivity contribution in [3.63, 3.8) is 0 Å². The Morgan fingerprint density at radius 2 is 1.48 bits per heavy atom. The topological polar surface area (TPSA) is 104 Å². The second kappa shape index (κ2) is 10.6. The molecular formula is C24H29N3O5S. The highest BCUT2D eigenvalue weighted by molar-refractivity contribution is 7.92. The number of carbonyl (C=O) groups is 3. The van der Waals surface area contributed by atoms with Crippen LogP contribution in [0.15, 0.2) is 59.5 Å². The number of piperazine rings is 1. The SMILES string of the molecule is CCCC(=O)N1CCN(C(=O)[C@H](NC(=O)c2ccc(C)cc2)S(=O)(=O)c2ccccc2)CC1. The Hall–Kier alpha value is -3.20. The highest BCUT2D eigenvalue weighted by Gasteiger charge is 2.39. The van der Waals surface area contributed by atoms with Crippen LogP contribution in [-0.4, -0.2) is 67.5 Å². The number of amides is 3. The van der Waals surface area contributed by atoms with E-state index in [-0.39, 0.29) is 29.5 Å². The fraction of sp³-hybridized carbons (Fsp3) is 0.375. The number of nitrogens with zero attached hydrogens (tertiary/aromatic N) is 2. The average molecular weight is 472 g/mol. The van der Waals surface area contributed by atoms with E-state index in [2.05, 4.69) is 5.32 Å².